The lowest BCUT2D eigenvalue weighted by Gasteiger charge is -2.28. The molecule has 0 atom stereocenters. The Morgan fingerprint density at radius 3 is 1.75 bits per heavy atom. The second-order valence-electron chi connectivity index (χ2n) is 6.93. The molecule has 0 bridgehead atoms. The number of quaternary nitrogens is 1. The fraction of sp³-hybridized carbons (Fsp3) is 0.944. The zero-order valence-corrected chi connectivity index (χ0v) is 14.5. The second kappa shape index (κ2) is 12.4. The van der Waals surface area contributed by atoms with Crippen LogP contribution in [-0.4, -0.2) is 37.5 Å². The van der Waals surface area contributed by atoms with Crippen LogP contribution in [-0.2, 0) is 4.79 Å². The zero-order valence-electron chi connectivity index (χ0n) is 14.5. The van der Waals surface area contributed by atoms with Crippen LogP contribution in [0.3, 0.4) is 0 Å². The van der Waals surface area contributed by atoms with Gasteiger partial charge in [-0.05, 0) is 12.8 Å². The number of carbonyl (C=O) groups excluding carboxylic acids is 1. The SMILES string of the molecule is CCCCCCCCCCCC(=O)C[N+](C)(C)CCC. The van der Waals surface area contributed by atoms with E-state index in [-0.39, 0.29) is 0 Å². The van der Waals surface area contributed by atoms with E-state index < -0.39 is 0 Å². The molecule has 0 aliphatic heterocycles. The summed E-state index contributed by atoms with van der Waals surface area (Å²) in [5.74, 6) is 0.450. The van der Waals surface area contributed by atoms with Gasteiger partial charge in [-0.3, -0.25) is 4.79 Å². The van der Waals surface area contributed by atoms with E-state index in [0.717, 1.165) is 30.3 Å². The van der Waals surface area contributed by atoms with Crippen LogP contribution in [0.15, 0.2) is 0 Å². The number of Topliss-reactive ketones (excluding diaryl/α,β-unsaturated/α-hetero) is 1. The van der Waals surface area contributed by atoms with Crippen molar-refractivity contribution in [1.82, 2.24) is 0 Å². The first-order chi connectivity index (χ1) is 9.52. The highest BCUT2D eigenvalue weighted by atomic mass is 16.1. The maximum absolute atomic E-state index is 11.9. The molecule has 2 nitrogen and oxygen atoms in total. The van der Waals surface area contributed by atoms with Crippen molar-refractivity contribution >= 4 is 5.78 Å². The van der Waals surface area contributed by atoms with Gasteiger partial charge in [0.15, 0.2) is 5.78 Å². The summed E-state index contributed by atoms with van der Waals surface area (Å²) in [5.41, 5.74) is 0. The van der Waals surface area contributed by atoms with Gasteiger partial charge in [-0.1, -0.05) is 65.2 Å². The molecule has 0 N–H and O–H groups in total. The fourth-order valence-electron chi connectivity index (χ4n) is 2.87. The van der Waals surface area contributed by atoms with Crippen LogP contribution in [0.2, 0.25) is 0 Å². The first-order valence-electron chi connectivity index (χ1n) is 8.85. The third-order valence-electron chi connectivity index (χ3n) is 3.99. The molecule has 120 valence electrons. The van der Waals surface area contributed by atoms with Crippen molar-refractivity contribution in [3.8, 4) is 0 Å². The Morgan fingerprint density at radius 1 is 0.750 bits per heavy atom. The smallest absolute Gasteiger partial charge is 0.186 e. The second-order valence-corrected chi connectivity index (χ2v) is 6.93. The summed E-state index contributed by atoms with van der Waals surface area (Å²) < 4.78 is 0.854. The Kier molecular flexibility index (Phi) is 12.1. The van der Waals surface area contributed by atoms with Crippen LogP contribution >= 0.6 is 0 Å². The molecule has 0 radical (unpaired) electrons. The van der Waals surface area contributed by atoms with Crippen LogP contribution in [0.1, 0.15) is 84.5 Å². The van der Waals surface area contributed by atoms with Gasteiger partial charge in [-0.25, -0.2) is 0 Å². The Labute approximate surface area is 127 Å². The van der Waals surface area contributed by atoms with E-state index in [1.807, 2.05) is 0 Å². The van der Waals surface area contributed by atoms with E-state index in [1.54, 1.807) is 0 Å². The third-order valence-corrected chi connectivity index (χ3v) is 3.99. The van der Waals surface area contributed by atoms with E-state index in [2.05, 4.69) is 27.9 Å². The summed E-state index contributed by atoms with van der Waals surface area (Å²) in [6.45, 7) is 6.26. The first kappa shape index (κ1) is 19.6. The van der Waals surface area contributed by atoms with Gasteiger partial charge in [0.05, 0.1) is 20.6 Å². The molecule has 0 saturated heterocycles. The molecule has 0 heterocycles. The minimum absolute atomic E-state index is 0.450. The molecule has 0 aromatic rings. The summed E-state index contributed by atoms with van der Waals surface area (Å²) in [7, 11) is 4.33. The molecule has 0 rings (SSSR count). The summed E-state index contributed by atoms with van der Waals surface area (Å²) in [4.78, 5) is 11.9. The van der Waals surface area contributed by atoms with Gasteiger partial charge in [-0.2, -0.15) is 0 Å². The van der Waals surface area contributed by atoms with Crippen LogP contribution in [0, 0.1) is 0 Å². The minimum Gasteiger partial charge on any atom is -0.322 e. The fourth-order valence-corrected chi connectivity index (χ4v) is 2.87. The summed E-state index contributed by atoms with van der Waals surface area (Å²) in [6, 6.07) is 0. The van der Waals surface area contributed by atoms with Gasteiger partial charge in [-0.15, -0.1) is 0 Å². The summed E-state index contributed by atoms with van der Waals surface area (Å²) >= 11 is 0. The van der Waals surface area contributed by atoms with E-state index in [1.165, 1.54) is 51.4 Å². The number of unbranched alkanes of at least 4 members (excludes halogenated alkanes) is 8. The van der Waals surface area contributed by atoms with Crippen LogP contribution in [0.4, 0.5) is 0 Å². The molecule has 0 aliphatic rings. The molecular weight excluding hydrogens is 246 g/mol. The van der Waals surface area contributed by atoms with Gasteiger partial charge in [0.25, 0.3) is 0 Å². The normalized spacial score (nSPS) is 11.8. The maximum atomic E-state index is 11.9. The average molecular weight is 285 g/mol. The van der Waals surface area contributed by atoms with Crippen molar-refractivity contribution in [1.29, 1.82) is 0 Å². The summed E-state index contributed by atoms with van der Waals surface area (Å²) in [5, 5.41) is 0. The number of carbonyl (C=O) groups is 1. The largest absolute Gasteiger partial charge is 0.322 e. The number of nitrogens with zero attached hydrogens (tertiary/aromatic N) is 1. The minimum atomic E-state index is 0.450. The molecule has 0 spiro atoms. The highest BCUT2D eigenvalue weighted by molar-refractivity contribution is 5.79. The van der Waals surface area contributed by atoms with Gasteiger partial charge in [0.1, 0.15) is 6.54 Å². The average Bonchev–Trinajstić information content (AvgIpc) is 2.36. The van der Waals surface area contributed by atoms with Crippen molar-refractivity contribution in [2.24, 2.45) is 0 Å². The molecule has 2 heteroatoms. The lowest BCUT2D eigenvalue weighted by atomic mass is 10.1. The van der Waals surface area contributed by atoms with Crippen molar-refractivity contribution in [2.45, 2.75) is 84.5 Å². The predicted octanol–water partition coefficient (Wildman–Crippen LogP) is 4.96. The van der Waals surface area contributed by atoms with Crippen molar-refractivity contribution < 1.29 is 9.28 Å². The molecule has 0 unspecified atom stereocenters. The Bertz CT molecular complexity index is 236. The van der Waals surface area contributed by atoms with Crippen LogP contribution in [0.5, 0.6) is 0 Å². The Hall–Kier alpha value is -0.370. The summed E-state index contributed by atoms with van der Waals surface area (Å²) in [6.07, 6.45) is 13.8. The molecule has 0 saturated carbocycles. The highest BCUT2D eigenvalue weighted by Gasteiger charge is 2.18. The predicted molar refractivity (Wildman–Crippen MR) is 89.0 cm³/mol. The number of rotatable bonds is 14. The molecule has 0 aliphatic carbocycles. The van der Waals surface area contributed by atoms with E-state index in [4.69, 9.17) is 0 Å². The van der Waals surface area contributed by atoms with E-state index >= 15 is 0 Å². The van der Waals surface area contributed by atoms with E-state index in [9.17, 15) is 4.79 Å². The number of hydrogen-bond acceptors (Lipinski definition) is 1. The Balaban J connectivity index is 3.40. The topological polar surface area (TPSA) is 17.1 Å². The molecule has 0 fully saturated rings. The lowest BCUT2D eigenvalue weighted by Crippen LogP contribution is -2.44. The molecule has 0 aromatic heterocycles. The van der Waals surface area contributed by atoms with Crippen molar-refractivity contribution in [3.05, 3.63) is 0 Å². The van der Waals surface area contributed by atoms with Gasteiger partial charge in [0, 0.05) is 6.42 Å². The van der Waals surface area contributed by atoms with Gasteiger partial charge in [0.2, 0.25) is 0 Å². The van der Waals surface area contributed by atoms with Gasteiger partial charge >= 0.3 is 0 Å². The monoisotopic (exact) mass is 284 g/mol. The van der Waals surface area contributed by atoms with Gasteiger partial charge < -0.3 is 4.48 Å². The van der Waals surface area contributed by atoms with Crippen molar-refractivity contribution in [2.75, 3.05) is 27.2 Å². The number of hydrogen-bond donors (Lipinski definition) is 0. The zero-order chi connectivity index (χ0) is 15.3. The Morgan fingerprint density at radius 2 is 1.25 bits per heavy atom. The molecule has 0 aromatic carbocycles. The highest BCUT2D eigenvalue weighted by Crippen LogP contribution is 2.11. The molecular formula is C18H38NO+. The van der Waals surface area contributed by atoms with Crippen LogP contribution in [0.25, 0.3) is 0 Å². The maximum Gasteiger partial charge on any atom is 0.186 e. The molecule has 20 heavy (non-hydrogen) atoms. The van der Waals surface area contributed by atoms with Crippen molar-refractivity contribution in [3.63, 3.8) is 0 Å². The third kappa shape index (κ3) is 12.7. The number of ketones is 1. The standard InChI is InChI=1S/C18H38NO/c1-5-7-8-9-10-11-12-13-14-15-18(20)17-19(3,4)16-6-2/h5-17H2,1-4H3/q+1. The first-order valence-corrected chi connectivity index (χ1v) is 8.85. The van der Waals surface area contributed by atoms with E-state index in [0.29, 0.717) is 12.3 Å². The quantitative estimate of drug-likeness (QED) is 0.325. The van der Waals surface area contributed by atoms with Crippen LogP contribution < -0.4 is 0 Å². The lowest BCUT2D eigenvalue weighted by molar-refractivity contribution is -0.882. The molecule has 0 amide bonds. The number of likely N-dealkylation sites (N-methyl/N-ethyl adjacent to an activating group) is 1.